The monoisotopic (exact) mass is 269 g/mol. The second kappa shape index (κ2) is 6.78. The Bertz CT molecular complexity index is 369. The van der Waals surface area contributed by atoms with Crippen LogP contribution in [0.5, 0.6) is 5.88 Å². The zero-order valence-corrected chi connectivity index (χ0v) is 11.6. The summed E-state index contributed by atoms with van der Waals surface area (Å²) in [6, 6.07) is 2.44. The highest BCUT2D eigenvalue weighted by Gasteiger charge is 2.22. The van der Waals surface area contributed by atoms with Gasteiger partial charge in [-0.05, 0) is 12.8 Å². The van der Waals surface area contributed by atoms with Crippen molar-refractivity contribution in [1.29, 1.82) is 0 Å². The summed E-state index contributed by atoms with van der Waals surface area (Å²) in [5.41, 5.74) is 0. The number of methoxy groups -OCH3 is 1. The van der Waals surface area contributed by atoms with E-state index in [4.69, 9.17) is 16.3 Å². The fourth-order valence-electron chi connectivity index (χ4n) is 2.57. The molecule has 100 valence electrons. The molecular formula is C13H20ClN3O. The van der Waals surface area contributed by atoms with Gasteiger partial charge in [-0.2, -0.15) is 0 Å². The molecule has 1 aromatic heterocycles. The van der Waals surface area contributed by atoms with E-state index in [-0.39, 0.29) is 0 Å². The highest BCUT2D eigenvalue weighted by Crippen LogP contribution is 2.27. The Kier molecular flexibility index (Phi) is 5.05. The van der Waals surface area contributed by atoms with Crippen molar-refractivity contribution in [3.8, 4) is 5.88 Å². The maximum Gasteiger partial charge on any atom is 0.218 e. The van der Waals surface area contributed by atoms with Gasteiger partial charge >= 0.3 is 0 Å². The van der Waals surface area contributed by atoms with Crippen LogP contribution in [0.25, 0.3) is 0 Å². The standard InChI is InChI=1S/C13H20ClN3O/c1-18-13-9-12(15-10-16-13)17(8-7-14)11-5-3-2-4-6-11/h9-11H,2-8H2,1H3. The van der Waals surface area contributed by atoms with E-state index in [1.54, 1.807) is 13.4 Å². The smallest absolute Gasteiger partial charge is 0.218 e. The van der Waals surface area contributed by atoms with Crippen LogP contribution in [0.2, 0.25) is 0 Å². The molecule has 1 heterocycles. The quantitative estimate of drug-likeness (QED) is 0.771. The van der Waals surface area contributed by atoms with Gasteiger partial charge in [0.25, 0.3) is 0 Å². The van der Waals surface area contributed by atoms with E-state index in [0.29, 0.717) is 17.8 Å². The molecule has 0 bridgehead atoms. The first-order valence-electron chi connectivity index (χ1n) is 6.54. The lowest BCUT2D eigenvalue weighted by atomic mass is 9.94. The highest BCUT2D eigenvalue weighted by molar-refractivity contribution is 6.18. The molecule has 0 spiro atoms. The zero-order valence-electron chi connectivity index (χ0n) is 10.8. The van der Waals surface area contributed by atoms with Crippen LogP contribution < -0.4 is 9.64 Å². The van der Waals surface area contributed by atoms with Crippen molar-refractivity contribution in [2.75, 3.05) is 24.4 Å². The van der Waals surface area contributed by atoms with Crippen molar-refractivity contribution in [1.82, 2.24) is 9.97 Å². The van der Waals surface area contributed by atoms with Crippen LogP contribution in [0.1, 0.15) is 32.1 Å². The molecule has 18 heavy (non-hydrogen) atoms. The molecule has 0 aromatic carbocycles. The first kappa shape index (κ1) is 13.4. The molecule has 0 unspecified atom stereocenters. The summed E-state index contributed by atoms with van der Waals surface area (Å²) in [4.78, 5) is 10.7. The van der Waals surface area contributed by atoms with Gasteiger partial charge < -0.3 is 9.64 Å². The number of hydrogen-bond donors (Lipinski definition) is 0. The first-order chi connectivity index (χ1) is 8.85. The minimum atomic E-state index is 0.553. The summed E-state index contributed by atoms with van der Waals surface area (Å²) >= 11 is 5.92. The number of aromatic nitrogens is 2. The fourth-order valence-corrected chi connectivity index (χ4v) is 2.75. The molecular weight excluding hydrogens is 250 g/mol. The molecule has 4 nitrogen and oxygen atoms in total. The third-order valence-electron chi connectivity index (χ3n) is 3.47. The zero-order chi connectivity index (χ0) is 12.8. The molecule has 0 aliphatic heterocycles. The van der Waals surface area contributed by atoms with Crippen LogP contribution >= 0.6 is 11.6 Å². The molecule has 0 atom stereocenters. The van der Waals surface area contributed by atoms with Crippen LogP contribution in [0.4, 0.5) is 5.82 Å². The van der Waals surface area contributed by atoms with Gasteiger partial charge in [0, 0.05) is 24.5 Å². The molecule has 0 saturated heterocycles. The van der Waals surface area contributed by atoms with Crippen molar-refractivity contribution in [3.05, 3.63) is 12.4 Å². The number of anilines is 1. The van der Waals surface area contributed by atoms with Gasteiger partial charge in [0.1, 0.15) is 12.1 Å². The van der Waals surface area contributed by atoms with Gasteiger partial charge in [0.15, 0.2) is 0 Å². The summed E-state index contributed by atoms with van der Waals surface area (Å²) in [7, 11) is 1.62. The molecule has 1 fully saturated rings. The molecule has 1 aromatic rings. The normalized spacial score (nSPS) is 16.6. The second-order valence-corrected chi connectivity index (χ2v) is 4.97. The molecule has 1 aliphatic carbocycles. The summed E-state index contributed by atoms with van der Waals surface area (Å²) in [6.45, 7) is 0.826. The second-order valence-electron chi connectivity index (χ2n) is 4.59. The largest absolute Gasteiger partial charge is 0.481 e. The Morgan fingerprint density at radius 2 is 2.11 bits per heavy atom. The van der Waals surface area contributed by atoms with Crippen LogP contribution in [0.15, 0.2) is 12.4 Å². The highest BCUT2D eigenvalue weighted by atomic mass is 35.5. The number of rotatable bonds is 5. The third kappa shape index (κ3) is 3.25. The molecule has 0 amide bonds. The van der Waals surface area contributed by atoms with Gasteiger partial charge in [0.2, 0.25) is 5.88 Å². The van der Waals surface area contributed by atoms with Crippen LogP contribution in [0.3, 0.4) is 0 Å². The number of ether oxygens (including phenoxy) is 1. The summed E-state index contributed by atoms with van der Waals surface area (Å²) in [5, 5.41) is 0. The number of hydrogen-bond acceptors (Lipinski definition) is 4. The summed E-state index contributed by atoms with van der Waals surface area (Å²) in [6.07, 6.45) is 7.94. The van der Waals surface area contributed by atoms with Gasteiger partial charge in [-0.1, -0.05) is 19.3 Å². The Balaban J connectivity index is 2.16. The summed E-state index contributed by atoms with van der Waals surface area (Å²) < 4.78 is 5.16. The molecule has 1 aliphatic rings. The van der Waals surface area contributed by atoms with E-state index < -0.39 is 0 Å². The lowest BCUT2D eigenvalue weighted by Crippen LogP contribution is -2.38. The van der Waals surface area contributed by atoms with Crippen LogP contribution in [-0.4, -0.2) is 35.5 Å². The molecule has 0 radical (unpaired) electrons. The fraction of sp³-hybridized carbons (Fsp3) is 0.692. The SMILES string of the molecule is COc1cc(N(CCCl)C2CCCCC2)ncn1. The first-order valence-corrected chi connectivity index (χ1v) is 7.07. The Labute approximate surface area is 113 Å². The minimum absolute atomic E-state index is 0.553. The van der Waals surface area contributed by atoms with E-state index in [1.165, 1.54) is 32.1 Å². The van der Waals surface area contributed by atoms with Gasteiger partial charge in [-0.25, -0.2) is 9.97 Å². The van der Waals surface area contributed by atoms with Gasteiger partial charge in [0.05, 0.1) is 7.11 Å². The predicted octanol–water partition coefficient (Wildman–Crippen LogP) is 2.86. The average Bonchev–Trinajstić information content (AvgIpc) is 2.46. The lowest BCUT2D eigenvalue weighted by molar-refractivity contribution is 0.393. The van der Waals surface area contributed by atoms with Gasteiger partial charge in [-0.3, -0.25) is 0 Å². The van der Waals surface area contributed by atoms with E-state index in [2.05, 4.69) is 14.9 Å². The Hall–Kier alpha value is -1.03. The van der Waals surface area contributed by atoms with E-state index in [0.717, 1.165) is 12.4 Å². The van der Waals surface area contributed by atoms with E-state index >= 15 is 0 Å². The number of alkyl halides is 1. The Morgan fingerprint density at radius 3 is 2.78 bits per heavy atom. The van der Waals surface area contributed by atoms with Gasteiger partial charge in [-0.15, -0.1) is 11.6 Å². The number of halogens is 1. The third-order valence-corrected chi connectivity index (χ3v) is 3.64. The van der Waals surface area contributed by atoms with Crippen molar-refractivity contribution in [2.45, 2.75) is 38.1 Å². The van der Waals surface area contributed by atoms with Crippen molar-refractivity contribution in [3.63, 3.8) is 0 Å². The number of nitrogens with zero attached hydrogens (tertiary/aromatic N) is 3. The average molecular weight is 270 g/mol. The lowest BCUT2D eigenvalue weighted by Gasteiger charge is -2.34. The molecule has 0 N–H and O–H groups in total. The molecule has 1 saturated carbocycles. The van der Waals surface area contributed by atoms with Crippen LogP contribution in [0, 0.1) is 0 Å². The van der Waals surface area contributed by atoms with Crippen LogP contribution in [-0.2, 0) is 0 Å². The van der Waals surface area contributed by atoms with Crippen molar-refractivity contribution >= 4 is 17.4 Å². The van der Waals surface area contributed by atoms with E-state index in [1.807, 2.05) is 6.07 Å². The topological polar surface area (TPSA) is 38.2 Å². The minimum Gasteiger partial charge on any atom is -0.481 e. The Morgan fingerprint density at radius 1 is 1.33 bits per heavy atom. The van der Waals surface area contributed by atoms with Crippen molar-refractivity contribution in [2.24, 2.45) is 0 Å². The molecule has 5 heteroatoms. The maximum atomic E-state index is 5.92. The maximum absolute atomic E-state index is 5.92. The van der Waals surface area contributed by atoms with Crippen molar-refractivity contribution < 1.29 is 4.74 Å². The van der Waals surface area contributed by atoms with E-state index in [9.17, 15) is 0 Å². The molecule has 2 rings (SSSR count). The predicted molar refractivity (Wildman–Crippen MR) is 73.5 cm³/mol. The summed E-state index contributed by atoms with van der Waals surface area (Å²) in [5.74, 6) is 2.15.